The van der Waals surface area contributed by atoms with E-state index in [0.717, 1.165) is 16.1 Å². The fraction of sp³-hybridized carbons (Fsp3) is 0.167. The van der Waals surface area contributed by atoms with E-state index in [4.69, 9.17) is 14.5 Å². The normalized spacial score (nSPS) is 20.0. The molecule has 2 aromatic rings. The number of para-hydroxylation sites is 1. The maximum Gasteiger partial charge on any atom is 0.276 e. The van der Waals surface area contributed by atoms with Gasteiger partial charge in [-0.1, -0.05) is 36.0 Å². The number of hydrogen-bond acceptors (Lipinski definition) is 7. The van der Waals surface area contributed by atoms with Crippen molar-refractivity contribution in [2.75, 3.05) is 13.0 Å². The van der Waals surface area contributed by atoms with Crippen molar-refractivity contribution in [2.45, 2.75) is 6.17 Å². The van der Waals surface area contributed by atoms with Crippen LogP contribution in [0.25, 0.3) is 5.70 Å². The molecule has 0 aliphatic carbocycles. The van der Waals surface area contributed by atoms with E-state index < -0.39 is 6.17 Å². The van der Waals surface area contributed by atoms with Gasteiger partial charge in [-0.3, -0.25) is 15.1 Å². The zero-order valence-corrected chi connectivity index (χ0v) is 14.6. The predicted octanol–water partition coefficient (Wildman–Crippen LogP) is 0.921. The number of hydrazone groups is 1. The zero-order chi connectivity index (χ0) is 17.7. The molecule has 3 aliphatic rings. The van der Waals surface area contributed by atoms with Crippen LogP contribution in [0.5, 0.6) is 11.5 Å². The van der Waals surface area contributed by atoms with E-state index in [-0.39, 0.29) is 12.7 Å². The molecule has 0 radical (unpaired) electrons. The summed E-state index contributed by atoms with van der Waals surface area (Å²) >= 11 is 1.38. The Morgan fingerprint density at radius 1 is 1.19 bits per heavy atom. The van der Waals surface area contributed by atoms with Crippen molar-refractivity contribution in [3.63, 3.8) is 0 Å². The summed E-state index contributed by atoms with van der Waals surface area (Å²) in [6, 6.07) is 13.3. The second-order valence-electron chi connectivity index (χ2n) is 5.89. The maximum atomic E-state index is 12.8. The van der Waals surface area contributed by atoms with Crippen LogP contribution in [0, 0.1) is 0 Å². The highest BCUT2D eigenvalue weighted by Gasteiger charge is 2.34. The van der Waals surface area contributed by atoms with E-state index in [2.05, 4.69) is 10.4 Å². The van der Waals surface area contributed by atoms with Gasteiger partial charge in [-0.05, 0) is 24.5 Å². The summed E-state index contributed by atoms with van der Waals surface area (Å²) in [6.07, 6.45) is 1.41. The number of thioether (sulfide) groups is 1. The molecule has 2 aromatic carbocycles. The Morgan fingerprint density at radius 3 is 2.92 bits per heavy atom. The number of fused-ring (bicyclic) bond motifs is 3. The minimum Gasteiger partial charge on any atom is -0.454 e. The number of rotatable bonds is 1. The Kier molecular flexibility index (Phi) is 3.39. The molecule has 130 valence electrons. The molecule has 0 saturated heterocycles. The van der Waals surface area contributed by atoms with E-state index in [1.54, 1.807) is 5.01 Å². The first-order chi connectivity index (χ1) is 12.7. The average Bonchev–Trinajstić information content (AvgIpc) is 3.14. The first-order valence-electron chi connectivity index (χ1n) is 8.04. The minimum atomic E-state index is -0.456. The van der Waals surface area contributed by atoms with Gasteiger partial charge in [0.15, 0.2) is 22.8 Å². The fourth-order valence-electron chi connectivity index (χ4n) is 3.21. The van der Waals surface area contributed by atoms with Gasteiger partial charge in [0.25, 0.3) is 5.91 Å². The molecule has 26 heavy (non-hydrogen) atoms. The van der Waals surface area contributed by atoms with Gasteiger partial charge in [0.05, 0.1) is 5.36 Å². The van der Waals surface area contributed by atoms with Crippen molar-refractivity contribution >= 4 is 28.5 Å². The monoisotopic (exact) mass is 366 g/mol. The molecule has 3 heterocycles. The fourth-order valence-corrected chi connectivity index (χ4v) is 3.57. The van der Waals surface area contributed by atoms with Crippen molar-refractivity contribution in [3.8, 4) is 11.5 Å². The number of amides is 1. The summed E-state index contributed by atoms with van der Waals surface area (Å²) in [6.45, 7) is 0.210. The maximum absolute atomic E-state index is 12.8. The molecule has 0 bridgehead atoms. The number of carbonyl (C=O) groups excluding carboxylic acids is 1. The van der Waals surface area contributed by atoms with Gasteiger partial charge in [-0.25, -0.2) is 5.01 Å². The number of nitrogens with one attached hydrogen (secondary N) is 1. The summed E-state index contributed by atoms with van der Waals surface area (Å²) in [7, 11) is 0. The number of hydrogen-bond donors (Lipinski definition) is 1. The Hall–Kier alpha value is -3.00. The highest BCUT2D eigenvalue weighted by Crippen LogP contribution is 2.37. The van der Waals surface area contributed by atoms with Gasteiger partial charge in [0.2, 0.25) is 6.79 Å². The summed E-state index contributed by atoms with van der Waals surface area (Å²) in [5.74, 6) is 1.20. The highest BCUT2D eigenvalue weighted by atomic mass is 32.2. The first-order valence-corrected chi connectivity index (χ1v) is 9.27. The van der Waals surface area contributed by atoms with Gasteiger partial charge in [-0.15, -0.1) is 5.10 Å². The minimum absolute atomic E-state index is 0.183. The van der Waals surface area contributed by atoms with Crippen molar-refractivity contribution in [1.29, 1.82) is 0 Å². The van der Waals surface area contributed by atoms with E-state index in [9.17, 15) is 4.79 Å². The number of carbonyl (C=O) groups is 1. The lowest BCUT2D eigenvalue weighted by Gasteiger charge is -2.33. The molecule has 0 saturated carbocycles. The first kappa shape index (κ1) is 15.3. The van der Waals surface area contributed by atoms with E-state index in [0.29, 0.717) is 22.4 Å². The Balaban J connectivity index is 1.73. The molecule has 1 amide bonds. The van der Waals surface area contributed by atoms with Crippen molar-refractivity contribution in [1.82, 2.24) is 10.3 Å². The summed E-state index contributed by atoms with van der Waals surface area (Å²) in [4.78, 5) is 17.6. The smallest absolute Gasteiger partial charge is 0.276 e. The van der Waals surface area contributed by atoms with Crippen molar-refractivity contribution < 1.29 is 14.3 Å². The molecule has 7 nitrogen and oxygen atoms in total. The van der Waals surface area contributed by atoms with E-state index >= 15 is 0 Å². The molecule has 0 spiro atoms. The van der Waals surface area contributed by atoms with Crippen LogP contribution >= 0.6 is 11.8 Å². The van der Waals surface area contributed by atoms with Crippen LogP contribution in [-0.2, 0) is 4.79 Å². The number of nitrogens with zero attached hydrogens (tertiary/aromatic N) is 3. The third kappa shape index (κ3) is 2.26. The van der Waals surface area contributed by atoms with Gasteiger partial charge >= 0.3 is 0 Å². The summed E-state index contributed by atoms with van der Waals surface area (Å²) < 4.78 is 10.9. The SMILES string of the molecule is CSC1=NN2C(=c3ccccc3=N[C@H]2c2ccc3c(c2)OCO3)C(=O)N1. The van der Waals surface area contributed by atoms with Crippen LogP contribution in [0.15, 0.2) is 52.6 Å². The van der Waals surface area contributed by atoms with Crippen LogP contribution < -0.4 is 25.4 Å². The van der Waals surface area contributed by atoms with Gasteiger partial charge in [0, 0.05) is 10.8 Å². The quantitative estimate of drug-likeness (QED) is 0.812. The lowest BCUT2D eigenvalue weighted by molar-refractivity contribution is -0.116. The predicted molar refractivity (Wildman–Crippen MR) is 96.9 cm³/mol. The lowest BCUT2D eigenvalue weighted by atomic mass is 10.1. The van der Waals surface area contributed by atoms with Crippen LogP contribution in [0.1, 0.15) is 11.7 Å². The largest absolute Gasteiger partial charge is 0.454 e. The Labute approximate surface area is 153 Å². The molecule has 0 unspecified atom stereocenters. The van der Waals surface area contributed by atoms with E-state index in [1.807, 2.05) is 48.7 Å². The number of benzene rings is 2. The lowest BCUT2D eigenvalue weighted by Crippen LogP contribution is -2.50. The van der Waals surface area contributed by atoms with Gasteiger partial charge in [-0.2, -0.15) is 0 Å². The molecule has 5 rings (SSSR count). The Morgan fingerprint density at radius 2 is 2.04 bits per heavy atom. The summed E-state index contributed by atoms with van der Waals surface area (Å²) in [5.41, 5.74) is 1.37. The highest BCUT2D eigenvalue weighted by molar-refractivity contribution is 8.13. The van der Waals surface area contributed by atoms with Crippen LogP contribution in [-0.4, -0.2) is 29.1 Å². The molecule has 1 atom stereocenters. The number of ether oxygens (including phenoxy) is 2. The molecule has 8 heteroatoms. The van der Waals surface area contributed by atoms with Crippen LogP contribution in [0.3, 0.4) is 0 Å². The van der Waals surface area contributed by atoms with Gasteiger partial charge < -0.3 is 9.47 Å². The molecule has 1 N–H and O–H groups in total. The zero-order valence-electron chi connectivity index (χ0n) is 13.8. The third-order valence-electron chi connectivity index (χ3n) is 4.40. The van der Waals surface area contributed by atoms with Gasteiger partial charge in [0.1, 0.15) is 5.70 Å². The topological polar surface area (TPSA) is 75.5 Å². The molecular formula is C18H14N4O3S. The number of amidine groups is 1. The molecule has 0 fully saturated rings. The van der Waals surface area contributed by atoms with E-state index in [1.165, 1.54) is 11.8 Å². The second-order valence-corrected chi connectivity index (χ2v) is 6.68. The van der Waals surface area contributed by atoms with Crippen molar-refractivity contribution in [2.24, 2.45) is 10.1 Å². The third-order valence-corrected chi connectivity index (χ3v) is 4.97. The molecule has 0 aromatic heterocycles. The average molecular weight is 366 g/mol. The van der Waals surface area contributed by atoms with Crippen LogP contribution in [0.2, 0.25) is 0 Å². The van der Waals surface area contributed by atoms with Crippen molar-refractivity contribution in [3.05, 3.63) is 58.6 Å². The second kappa shape index (κ2) is 5.77. The standard InChI is InChI=1S/C18H14N4O3S/c1-26-18-20-17(23)15-11-4-2-3-5-12(11)19-16(22(15)21-18)10-6-7-13-14(8-10)25-9-24-13/h2-8,16H,9H2,1H3,(H,20,21,23)/t16-/m1/s1. The Bertz CT molecular complexity index is 1080. The molecule has 3 aliphatic heterocycles. The molecular weight excluding hydrogens is 352 g/mol. The van der Waals surface area contributed by atoms with Crippen LogP contribution in [0.4, 0.5) is 0 Å². The summed E-state index contributed by atoms with van der Waals surface area (Å²) in [5, 5.41) is 11.2.